The predicted octanol–water partition coefficient (Wildman–Crippen LogP) is 3.74. The molecule has 2 aromatic rings. The van der Waals surface area contributed by atoms with Crippen LogP contribution in [0.2, 0.25) is 5.28 Å². The maximum absolute atomic E-state index is 6.01. The van der Waals surface area contributed by atoms with Gasteiger partial charge in [0.15, 0.2) is 5.82 Å². The van der Waals surface area contributed by atoms with Crippen molar-refractivity contribution in [2.45, 2.75) is 50.9 Å². The zero-order valence-corrected chi connectivity index (χ0v) is 12.6. The molecule has 0 amide bonds. The Balaban J connectivity index is 1.59. The van der Waals surface area contributed by atoms with Gasteiger partial charge in [-0.3, -0.25) is 5.10 Å². The summed E-state index contributed by atoms with van der Waals surface area (Å²) in [5, 5.41) is 11.2. The first-order chi connectivity index (χ1) is 10.3. The third-order valence-corrected chi connectivity index (χ3v) is 4.71. The van der Waals surface area contributed by atoms with Crippen molar-refractivity contribution >= 4 is 23.2 Å². The second-order valence-electron chi connectivity index (χ2n) is 5.93. The van der Waals surface area contributed by atoms with E-state index >= 15 is 0 Å². The maximum Gasteiger partial charge on any atom is 0.224 e. The lowest BCUT2D eigenvalue weighted by Crippen LogP contribution is -2.02. The van der Waals surface area contributed by atoms with Gasteiger partial charge in [-0.1, -0.05) is 12.8 Å². The first kappa shape index (κ1) is 13.1. The Bertz CT molecular complexity index is 660. The lowest BCUT2D eigenvalue weighted by molar-refractivity contribution is 0.693. The standard InChI is InChI=1S/C15H18ClN5/c16-15-17-11-7-3-6-10(11)14(19-15)18-13-8-12(20-21-13)9-4-1-2-5-9/h8-9H,1-7H2,(H2,17,18,19,20,21). The summed E-state index contributed by atoms with van der Waals surface area (Å²) < 4.78 is 0. The number of aromatic nitrogens is 4. The Kier molecular flexibility index (Phi) is 3.30. The molecule has 0 bridgehead atoms. The summed E-state index contributed by atoms with van der Waals surface area (Å²) in [6, 6.07) is 2.10. The number of nitrogens with zero attached hydrogens (tertiary/aromatic N) is 3. The fourth-order valence-electron chi connectivity index (χ4n) is 3.47. The van der Waals surface area contributed by atoms with Gasteiger partial charge in [0.05, 0.1) is 5.69 Å². The van der Waals surface area contributed by atoms with Gasteiger partial charge >= 0.3 is 0 Å². The second kappa shape index (κ2) is 5.30. The molecule has 0 spiro atoms. The number of aryl methyl sites for hydroxylation is 1. The van der Waals surface area contributed by atoms with Crippen LogP contribution in [0.3, 0.4) is 0 Å². The van der Waals surface area contributed by atoms with E-state index in [9.17, 15) is 0 Å². The third-order valence-electron chi connectivity index (χ3n) is 4.54. The second-order valence-corrected chi connectivity index (χ2v) is 6.27. The molecule has 2 aliphatic carbocycles. The lowest BCUT2D eigenvalue weighted by Gasteiger charge is -2.08. The largest absolute Gasteiger partial charge is 0.323 e. The van der Waals surface area contributed by atoms with E-state index in [1.807, 2.05) is 0 Å². The molecule has 1 saturated carbocycles. The highest BCUT2D eigenvalue weighted by Gasteiger charge is 2.21. The SMILES string of the molecule is Clc1nc2c(c(Nc3cc(C4CCCC4)[nH]n3)n1)CCC2. The van der Waals surface area contributed by atoms with Gasteiger partial charge < -0.3 is 5.32 Å². The summed E-state index contributed by atoms with van der Waals surface area (Å²) in [5.74, 6) is 2.26. The molecule has 2 aliphatic rings. The summed E-state index contributed by atoms with van der Waals surface area (Å²) in [4.78, 5) is 8.65. The highest BCUT2D eigenvalue weighted by molar-refractivity contribution is 6.28. The van der Waals surface area contributed by atoms with Crippen LogP contribution in [0, 0.1) is 0 Å². The quantitative estimate of drug-likeness (QED) is 0.848. The number of hydrogen-bond acceptors (Lipinski definition) is 4. The molecule has 110 valence electrons. The minimum absolute atomic E-state index is 0.310. The van der Waals surface area contributed by atoms with Gasteiger partial charge in [-0.25, -0.2) is 9.97 Å². The van der Waals surface area contributed by atoms with Crippen molar-refractivity contribution in [3.8, 4) is 0 Å². The summed E-state index contributed by atoms with van der Waals surface area (Å²) in [6.07, 6.45) is 8.28. The molecular weight excluding hydrogens is 286 g/mol. The van der Waals surface area contributed by atoms with Gasteiger partial charge in [-0.2, -0.15) is 5.10 Å². The van der Waals surface area contributed by atoms with Crippen LogP contribution in [0.15, 0.2) is 6.07 Å². The number of fused-ring (bicyclic) bond motifs is 1. The van der Waals surface area contributed by atoms with Gasteiger partial charge in [-0.15, -0.1) is 0 Å². The fraction of sp³-hybridized carbons (Fsp3) is 0.533. The van der Waals surface area contributed by atoms with Crippen LogP contribution in [-0.2, 0) is 12.8 Å². The fourth-order valence-corrected chi connectivity index (χ4v) is 3.66. The van der Waals surface area contributed by atoms with E-state index in [4.69, 9.17) is 11.6 Å². The van der Waals surface area contributed by atoms with Crippen molar-refractivity contribution in [2.24, 2.45) is 0 Å². The summed E-state index contributed by atoms with van der Waals surface area (Å²) >= 11 is 6.01. The predicted molar refractivity (Wildman–Crippen MR) is 82.1 cm³/mol. The lowest BCUT2D eigenvalue weighted by atomic mass is 10.0. The average Bonchev–Trinajstić information content (AvgIpc) is 3.19. The van der Waals surface area contributed by atoms with E-state index in [0.29, 0.717) is 11.2 Å². The van der Waals surface area contributed by atoms with Crippen LogP contribution in [0.1, 0.15) is 55.0 Å². The van der Waals surface area contributed by atoms with Crippen molar-refractivity contribution < 1.29 is 0 Å². The van der Waals surface area contributed by atoms with E-state index in [2.05, 4.69) is 31.5 Å². The van der Waals surface area contributed by atoms with Crippen LogP contribution < -0.4 is 5.32 Å². The van der Waals surface area contributed by atoms with Crippen LogP contribution >= 0.6 is 11.6 Å². The van der Waals surface area contributed by atoms with E-state index in [0.717, 1.165) is 36.6 Å². The Labute approximate surface area is 128 Å². The van der Waals surface area contributed by atoms with Gasteiger partial charge in [0.1, 0.15) is 5.82 Å². The summed E-state index contributed by atoms with van der Waals surface area (Å²) in [5.41, 5.74) is 3.49. The first-order valence-electron chi connectivity index (χ1n) is 7.67. The number of halogens is 1. The molecule has 0 unspecified atom stereocenters. The molecule has 2 aromatic heterocycles. The normalized spacial score (nSPS) is 18.1. The van der Waals surface area contributed by atoms with E-state index in [1.54, 1.807) is 0 Å². The molecule has 4 rings (SSSR count). The number of aromatic amines is 1. The molecule has 21 heavy (non-hydrogen) atoms. The van der Waals surface area contributed by atoms with Crippen molar-refractivity contribution in [1.29, 1.82) is 0 Å². The number of H-pyrrole nitrogens is 1. The number of anilines is 2. The zero-order chi connectivity index (χ0) is 14.2. The van der Waals surface area contributed by atoms with Gasteiger partial charge in [0.25, 0.3) is 0 Å². The first-order valence-corrected chi connectivity index (χ1v) is 8.05. The van der Waals surface area contributed by atoms with Gasteiger partial charge in [-0.05, 0) is 43.7 Å². The van der Waals surface area contributed by atoms with Crippen LogP contribution in [0.4, 0.5) is 11.6 Å². The molecule has 0 aromatic carbocycles. The number of hydrogen-bond donors (Lipinski definition) is 2. The van der Waals surface area contributed by atoms with Crippen molar-refractivity contribution in [2.75, 3.05) is 5.32 Å². The molecule has 6 heteroatoms. The minimum Gasteiger partial charge on any atom is -0.323 e. The number of nitrogens with one attached hydrogen (secondary N) is 2. The molecular formula is C15H18ClN5. The molecule has 2 heterocycles. The molecule has 2 N–H and O–H groups in total. The van der Waals surface area contributed by atoms with E-state index in [-0.39, 0.29) is 0 Å². The topological polar surface area (TPSA) is 66.5 Å². The highest BCUT2D eigenvalue weighted by atomic mass is 35.5. The van der Waals surface area contributed by atoms with E-state index in [1.165, 1.54) is 36.9 Å². The average molecular weight is 304 g/mol. The monoisotopic (exact) mass is 303 g/mol. The smallest absolute Gasteiger partial charge is 0.224 e. The molecule has 0 aliphatic heterocycles. The maximum atomic E-state index is 6.01. The molecule has 1 fully saturated rings. The number of rotatable bonds is 3. The molecule has 0 atom stereocenters. The van der Waals surface area contributed by atoms with Gasteiger partial charge in [0, 0.05) is 23.2 Å². The van der Waals surface area contributed by atoms with Crippen LogP contribution in [0.25, 0.3) is 0 Å². The zero-order valence-electron chi connectivity index (χ0n) is 11.8. The third kappa shape index (κ3) is 2.50. The Hall–Kier alpha value is -1.62. The molecule has 0 saturated heterocycles. The van der Waals surface area contributed by atoms with Crippen molar-refractivity contribution in [1.82, 2.24) is 20.2 Å². The van der Waals surface area contributed by atoms with Crippen LogP contribution in [-0.4, -0.2) is 20.2 Å². The Morgan fingerprint density at radius 2 is 2.00 bits per heavy atom. The Morgan fingerprint density at radius 1 is 1.14 bits per heavy atom. The van der Waals surface area contributed by atoms with E-state index < -0.39 is 0 Å². The van der Waals surface area contributed by atoms with Crippen molar-refractivity contribution in [3.63, 3.8) is 0 Å². The molecule has 0 radical (unpaired) electrons. The summed E-state index contributed by atoms with van der Waals surface area (Å²) in [6.45, 7) is 0. The Morgan fingerprint density at radius 3 is 2.86 bits per heavy atom. The minimum atomic E-state index is 0.310. The summed E-state index contributed by atoms with van der Waals surface area (Å²) in [7, 11) is 0. The van der Waals surface area contributed by atoms with Gasteiger partial charge in [0.2, 0.25) is 5.28 Å². The highest BCUT2D eigenvalue weighted by Crippen LogP contribution is 2.34. The van der Waals surface area contributed by atoms with Crippen molar-refractivity contribution in [3.05, 3.63) is 28.3 Å². The molecule has 5 nitrogen and oxygen atoms in total. The van der Waals surface area contributed by atoms with Crippen LogP contribution in [0.5, 0.6) is 0 Å².